The summed E-state index contributed by atoms with van der Waals surface area (Å²) in [5, 5.41) is 0. The second-order valence-electron chi connectivity index (χ2n) is 8.62. The molecule has 2 saturated heterocycles. The Morgan fingerprint density at radius 3 is 1.06 bits per heavy atom. The van der Waals surface area contributed by atoms with Gasteiger partial charge in [0, 0.05) is 11.8 Å². The Morgan fingerprint density at radius 2 is 0.781 bits per heavy atom. The minimum Gasteiger partial charge on any atom is -0.274 e. The lowest BCUT2D eigenvalue weighted by atomic mass is 9.54. The molecule has 2 bridgehead atoms. The third-order valence-electron chi connectivity index (χ3n) is 7.18. The molecule has 0 radical (unpaired) electrons. The zero-order valence-electron chi connectivity index (χ0n) is 16.5. The van der Waals surface area contributed by atoms with Crippen molar-refractivity contribution < 1.29 is 28.0 Å². The topological polar surface area (TPSA) is 74.8 Å². The summed E-state index contributed by atoms with van der Waals surface area (Å²) in [5.74, 6) is -6.95. The summed E-state index contributed by atoms with van der Waals surface area (Å²) >= 11 is 0. The van der Waals surface area contributed by atoms with E-state index in [1.165, 1.54) is 48.5 Å². The standard InChI is InChI=1S/C24H16F2N2O4/c25-11-1-5-13(6-2-11)27-21(29)17-15-9-10-16(18(17)22(27)30)20-19(15)23(31)28(24(20)32)14-7-3-12(26)4-8-14/h1-10,15-20H/t15?,16?,17-,18-,19-,20+/m0/s1. The number of benzene rings is 2. The lowest BCUT2D eigenvalue weighted by Gasteiger charge is -2.44. The van der Waals surface area contributed by atoms with E-state index in [4.69, 9.17) is 0 Å². The van der Waals surface area contributed by atoms with Gasteiger partial charge in [0.05, 0.1) is 35.0 Å². The summed E-state index contributed by atoms with van der Waals surface area (Å²) in [5.41, 5.74) is 0.539. The van der Waals surface area contributed by atoms with Gasteiger partial charge in [0.1, 0.15) is 11.6 Å². The first kappa shape index (κ1) is 19.0. The van der Waals surface area contributed by atoms with Crippen molar-refractivity contribution in [3.63, 3.8) is 0 Å². The minimum absolute atomic E-state index is 0.269. The van der Waals surface area contributed by atoms with Gasteiger partial charge >= 0.3 is 0 Å². The lowest BCUT2D eigenvalue weighted by molar-refractivity contribution is -0.137. The molecule has 2 unspecified atom stereocenters. The third-order valence-corrected chi connectivity index (χ3v) is 7.18. The van der Waals surface area contributed by atoms with Crippen LogP contribution in [0, 0.1) is 47.1 Å². The Kier molecular flexibility index (Phi) is 3.82. The number of hydrogen-bond acceptors (Lipinski definition) is 4. The van der Waals surface area contributed by atoms with E-state index in [9.17, 15) is 28.0 Å². The van der Waals surface area contributed by atoms with E-state index >= 15 is 0 Å². The van der Waals surface area contributed by atoms with Crippen LogP contribution in [0.15, 0.2) is 60.7 Å². The van der Waals surface area contributed by atoms with Gasteiger partial charge in [0.2, 0.25) is 23.6 Å². The number of carbonyl (C=O) groups is 4. The summed E-state index contributed by atoms with van der Waals surface area (Å²) in [6.07, 6.45) is 3.54. The molecular formula is C24H16F2N2O4. The van der Waals surface area contributed by atoms with Crippen LogP contribution in [-0.2, 0) is 19.2 Å². The monoisotopic (exact) mass is 434 g/mol. The third kappa shape index (κ3) is 2.32. The van der Waals surface area contributed by atoms with Gasteiger partial charge in [-0.1, -0.05) is 12.2 Å². The zero-order valence-corrected chi connectivity index (χ0v) is 16.5. The Hall–Kier alpha value is -3.68. The van der Waals surface area contributed by atoms with Crippen LogP contribution >= 0.6 is 0 Å². The Labute approximate surface area is 181 Å². The average molecular weight is 434 g/mol. The molecule has 2 aromatic carbocycles. The summed E-state index contributed by atoms with van der Waals surface area (Å²) in [6.45, 7) is 0. The summed E-state index contributed by atoms with van der Waals surface area (Å²) in [7, 11) is 0. The van der Waals surface area contributed by atoms with Gasteiger partial charge in [-0.25, -0.2) is 8.78 Å². The summed E-state index contributed by atoms with van der Waals surface area (Å²) in [4.78, 5) is 55.4. The van der Waals surface area contributed by atoms with Crippen molar-refractivity contribution in [3.8, 4) is 0 Å². The molecule has 8 heteroatoms. The smallest absolute Gasteiger partial charge is 0.238 e. The summed E-state index contributed by atoms with van der Waals surface area (Å²) < 4.78 is 26.7. The molecule has 5 aliphatic rings. The highest BCUT2D eigenvalue weighted by Crippen LogP contribution is 2.58. The zero-order chi connectivity index (χ0) is 22.3. The second-order valence-corrected chi connectivity index (χ2v) is 8.62. The van der Waals surface area contributed by atoms with Gasteiger partial charge in [0.15, 0.2) is 0 Å². The van der Waals surface area contributed by atoms with Crippen LogP contribution in [0.2, 0.25) is 0 Å². The fourth-order valence-corrected chi connectivity index (χ4v) is 5.92. The molecule has 0 spiro atoms. The van der Waals surface area contributed by atoms with Crippen LogP contribution in [-0.4, -0.2) is 23.6 Å². The number of allylic oxidation sites excluding steroid dienone is 2. The highest BCUT2D eigenvalue weighted by atomic mass is 19.1. The van der Waals surface area contributed by atoms with Crippen molar-refractivity contribution in [3.05, 3.63) is 72.3 Å². The molecule has 1 saturated carbocycles. The molecule has 32 heavy (non-hydrogen) atoms. The molecule has 160 valence electrons. The predicted molar refractivity (Wildman–Crippen MR) is 108 cm³/mol. The van der Waals surface area contributed by atoms with Crippen LogP contribution in [0.25, 0.3) is 0 Å². The molecule has 0 N–H and O–H groups in total. The van der Waals surface area contributed by atoms with E-state index in [0.29, 0.717) is 0 Å². The van der Waals surface area contributed by atoms with Gasteiger partial charge in [-0.2, -0.15) is 0 Å². The SMILES string of the molecule is O=C1[C@@H]2C3C=CC([C@@H]2C(=O)N1c1ccc(F)cc1)[C@@H]1C(=O)N(c2ccc(F)cc2)C(=O)[C@@H]31. The maximum atomic E-state index is 13.3. The molecule has 6 nitrogen and oxygen atoms in total. The van der Waals surface area contributed by atoms with E-state index in [-0.39, 0.29) is 11.4 Å². The predicted octanol–water partition coefficient (Wildman–Crippen LogP) is 2.69. The number of carbonyl (C=O) groups excluding carboxylic acids is 4. The number of hydrogen-bond donors (Lipinski definition) is 0. The van der Waals surface area contributed by atoms with E-state index in [1.807, 2.05) is 0 Å². The molecule has 2 aromatic rings. The van der Waals surface area contributed by atoms with Gasteiger partial charge < -0.3 is 0 Å². The van der Waals surface area contributed by atoms with Gasteiger partial charge in [0.25, 0.3) is 0 Å². The van der Waals surface area contributed by atoms with Crippen LogP contribution in [0.3, 0.4) is 0 Å². The number of rotatable bonds is 2. The fourth-order valence-electron chi connectivity index (χ4n) is 5.92. The summed E-state index contributed by atoms with van der Waals surface area (Å²) in [6, 6.07) is 10.2. The van der Waals surface area contributed by atoms with Crippen molar-refractivity contribution in [2.75, 3.05) is 9.80 Å². The van der Waals surface area contributed by atoms with Crippen molar-refractivity contribution in [1.29, 1.82) is 0 Å². The molecule has 7 rings (SSSR count). The van der Waals surface area contributed by atoms with Crippen molar-refractivity contribution in [2.24, 2.45) is 35.5 Å². The molecule has 4 amide bonds. The van der Waals surface area contributed by atoms with Crippen LogP contribution < -0.4 is 9.80 Å². The fraction of sp³-hybridized carbons (Fsp3) is 0.250. The van der Waals surface area contributed by atoms with Gasteiger partial charge in [-0.05, 0) is 48.5 Å². The van der Waals surface area contributed by atoms with Gasteiger partial charge in [-0.3, -0.25) is 29.0 Å². The first-order valence-corrected chi connectivity index (χ1v) is 10.3. The van der Waals surface area contributed by atoms with Crippen LogP contribution in [0.4, 0.5) is 20.2 Å². The van der Waals surface area contributed by atoms with Crippen molar-refractivity contribution in [2.45, 2.75) is 0 Å². The number of nitrogens with zero attached hydrogens (tertiary/aromatic N) is 2. The lowest BCUT2D eigenvalue weighted by Crippen LogP contribution is -2.50. The molecule has 2 aliphatic heterocycles. The molecule has 0 aromatic heterocycles. The van der Waals surface area contributed by atoms with Crippen LogP contribution in [0.1, 0.15) is 0 Å². The largest absolute Gasteiger partial charge is 0.274 e. The number of amides is 4. The van der Waals surface area contributed by atoms with E-state index in [0.717, 1.165) is 9.80 Å². The molecule has 2 heterocycles. The Morgan fingerprint density at radius 1 is 0.500 bits per heavy atom. The van der Waals surface area contributed by atoms with Crippen molar-refractivity contribution in [1.82, 2.24) is 0 Å². The number of halogens is 2. The Bertz CT molecular complexity index is 1080. The minimum atomic E-state index is -0.756. The average Bonchev–Trinajstić information content (AvgIpc) is 3.23. The first-order valence-electron chi connectivity index (χ1n) is 10.3. The number of imide groups is 2. The molecule has 6 atom stereocenters. The highest BCUT2D eigenvalue weighted by Gasteiger charge is 2.68. The highest BCUT2D eigenvalue weighted by molar-refractivity contribution is 6.26. The first-order chi connectivity index (χ1) is 15.4. The van der Waals surface area contributed by atoms with Crippen molar-refractivity contribution >= 4 is 35.0 Å². The second kappa shape index (κ2) is 6.41. The number of anilines is 2. The van der Waals surface area contributed by atoms with Crippen LogP contribution in [0.5, 0.6) is 0 Å². The molecular weight excluding hydrogens is 418 g/mol. The normalized spacial score (nSPS) is 32.7. The quantitative estimate of drug-likeness (QED) is 0.538. The van der Waals surface area contributed by atoms with E-state index in [2.05, 4.69) is 0 Å². The van der Waals surface area contributed by atoms with E-state index in [1.54, 1.807) is 12.2 Å². The van der Waals surface area contributed by atoms with E-state index < -0.39 is 70.8 Å². The van der Waals surface area contributed by atoms with Gasteiger partial charge in [-0.15, -0.1) is 0 Å². The maximum Gasteiger partial charge on any atom is 0.238 e. The Balaban J connectivity index is 1.39. The maximum absolute atomic E-state index is 13.3. The molecule has 3 fully saturated rings. The molecule has 3 aliphatic carbocycles.